The molecule has 0 bridgehead atoms. The molecule has 0 heterocycles. The predicted octanol–water partition coefficient (Wildman–Crippen LogP) is 3.90. The molecule has 4 heteroatoms. The van der Waals surface area contributed by atoms with Gasteiger partial charge in [-0.1, -0.05) is 34.6 Å². The van der Waals surface area contributed by atoms with Gasteiger partial charge in [-0.15, -0.1) is 0 Å². The van der Waals surface area contributed by atoms with Gasteiger partial charge in [-0.3, -0.25) is 4.79 Å². The first-order chi connectivity index (χ1) is 7.86. The van der Waals surface area contributed by atoms with Crippen molar-refractivity contribution >= 4 is 14.3 Å². The van der Waals surface area contributed by atoms with Crippen molar-refractivity contribution in [1.82, 2.24) is 0 Å². The summed E-state index contributed by atoms with van der Waals surface area (Å²) in [7, 11) is -1.88. The highest BCUT2D eigenvalue weighted by Crippen LogP contribution is 2.46. The van der Waals surface area contributed by atoms with Crippen LogP contribution in [0.3, 0.4) is 0 Å². The van der Waals surface area contributed by atoms with Crippen molar-refractivity contribution < 1.29 is 14.3 Å². The van der Waals surface area contributed by atoms with Crippen molar-refractivity contribution in [1.29, 1.82) is 0 Å². The highest BCUT2D eigenvalue weighted by Gasteiger charge is 2.48. The maximum Gasteiger partial charge on any atom is 0.309 e. The molecule has 0 aliphatic heterocycles. The van der Waals surface area contributed by atoms with Crippen LogP contribution >= 0.6 is 0 Å². The van der Waals surface area contributed by atoms with Crippen LogP contribution in [-0.4, -0.2) is 25.5 Å². The molecular weight excluding hydrogens is 244 g/mol. The van der Waals surface area contributed by atoms with E-state index in [0.29, 0.717) is 0 Å². The van der Waals surface area contributed by atoms with Gasteiger partial charge in [-0.2, -0.15) is 0 Å². The number of hydrogen-bond donors (Lipinski definition) is 1. The second-order valence-corrected chi connectivity index (χ2v) is 12.7. The van der Waals surface area contributed by atoms with Crippen molar-refractivity contribution in [3.05, 3.63) is 0 Å². The lowest BCUT2D eigenvalue weighted by molar-refractivity contribution is -0.144. The molecule has 0 aromatic rings. The van der Waals surface area contributed by atoms with Crippen molar-refractivity contribution in [2.75, 3.05) is 0 Å². The highest BCUT2D eigenvalue weighted by molar-refractivity contribution is 6.74. The quantitative estimate of drug-likeness (QED) is 0.793. The van der Waals surface area contributed by atoms with Crippen LogP contribution in [0.1, 0.15) is 47.5 Å². The third-order valence-electron chi connectivity index (χ3n) is 4.54. The minimum absolute atomic E-state index is 0.0795. The van der Waals surface area contributed by atoms with E-state index in [1.54, 1.807) is 0 Å². The number of aliphatic carboxylic acids is 1. The summed E-state index contributed by atoms with van der Waals surface area (Å²) in [4.78, 5) is 11.4. The van der Waals surface area contributed by atoms with E-state index < -0.39 is 14.3 Å². The van der Waals surface area contributed by atoms with Crippen LogP contribution in [0, 0.1) is 11.3 Å². The van der Waals surface area contributed by atoms with Gasteiger partial charge >= 0.3 is 5.97 Å². The normalized spacial score (nSPS) is 28.4. The van der Waals surface area contributed by atoms with E-state index in [-0.39, 0.29) is 22.5 Å². The molecule has 1 saturated carbocycles. The average molecular weight is 272 g/mol. The Balaban J connectivity index is 2.86. The van der Waals surface area contributed by atoms with Crippen LogP contribution in [0.4, 0.5) is 0 Å². The molecule has 1 fully saturated rings. The Bertz CT molecular complexity index is 328. The second kappa shape index (κ2) is 4.64. The van der Waals surface area contributed by atoms with Gasteiger partial charge in [0.1, 0.15) is 0 Å². The Labute approximate surface area is 112 Å². The van der Waals surface area contributed by atoms with E-state index in [0.717, 1.165) is 12.8 Å². The summed E-state index contributed by atoms with van der Waals surface area (Å²) in [6, 6.07) is 0. The summed E-state index contributed by atoms with van der Waals surface area (Å²) in [5.41, 5.74) is 0.0795. The number of carboxylic acids is 1. The SMILES string of the molecule is CC1(C)C[C@@H](O[Si](C)(C)C(C)(C)C)[C@H](C(=O)O)C1. The first-order valence-corrected chi connectivity index (χ1v) is 9.67. The van der Waals surface area contributed by atoms with Crippen LogP contribution in [0.5, 0.6) is 0 Å². The number of hydrogen-bond acceptors (Lipinski definition) is 2. The lowest BCUT2D eigenvalue weighted by Gasteiger charge is -2.39. The lowest BCUT2D eigenvalue weighted by atomic mass is 9.91. The summed E-state index contributed by atoms with van der Waals surface area (Å²) < 4.78 is 6.33. The summed E-state index contributed by atoms with van der Waals surface area (Å²) in [6.07, 6.45) is 1.47. The molecule has 18 heavy (non-hydrogen) atoms. The van der Waals surface area contributed by atoms with Gasteiger partial charge in [-0.05, 0) is 36.4 Å². The smallest absolute Gasteiger partial charge is 0.309 e. The topological polar surface area (TPSA) is 46.5 Å². The summed E-state index contributed by atoms with van der Waals surface area (Å²) in [5.74, 6) is -1.04. The molecule has 1 N–H and O–H groups in total. The van der Waals surface area contributed by atoms with E-state index in [2.05, 4.69) is 47.7 Å². The molecule has 2 atom stereocenters. The molecule has 0 amide bonds. The predicted molar refractivity (Wildman–Crippen MR) is 76.2 cm³/mol. The Morgan fingerprint density at radius 1 is 1.28 bits per heavy atom. The molecule has 0 aromatic carbocycles. The molecule has 1 aliphatic carbocycles. The van der Waals surface area contributed by atoms with E-state index in [1.807, 2.05) is 0 Å². The zero-order valence-corrected chi connectivity index (χ0v) is 13.8. The molecule has 106 valence electrons. The maximum absolute atomic E-state index is 11.4. The largest absolute Gasteiger partial charge is 0.481 e. The van der Waals surface area contributed by atoms with Crippen LogP contribution in [0.15, 0.2) is 0 Å². The second-order valence-electron chi connectivity index (χ2n) is 7.93. The molecule has 1 rings (SSSR count). The summed E-state index contributed by atoms with van der Waals surface area (Å²) in [6.45, 7) is 15.2. The van der Waals surface area contributed by atoms with Gasteiger partial charge in [0.2, 0.25) is 0 Å². The van der Waals surface area contributed by atoms with Gasteiger partial charge in [0.15, 0.2) is 8.32 Å². The zero-order chi connectivity index (χ0) is 14.4. The fourth-order valence-electron chi connectivity index (χ4n) is 2.42. The average Bonchev–Trinajstić information content (AvgIpc) is 2.38. The van der Waals surface area contributed by atoms with Crippen LogP contribution in [0.25, 0.3) is 0 Å². The van der Waals surface area contributed by atoms with Crippen molar-refractivity contribution in [2.24, 2.45) is 11.3 Å². The molecule has 0 saturated heterocycles. The number of rotatable bonds is 3. The van der Waals surface area contributed by atoms with Gasteiger partial charge in [0, 0.05) is 0 Å². The Morgan fingerprint density at radius 2 is 1.78 bits per heavy atom. The molecule has 0 aromatic heterocycles. The molecule has 3 nitrogen and oxygen atoms in total. The third kappa shape index (κ3) is 3.35. The van der Waals surface area contributed by atoms with Crippen LogP contribution in [0.2, 0.25) is 18.1 Å². The highest BCUT2D eigenvalue weighted by atomic mass is 28.4. The Hall–Kier alpha value is -0.353. The van der Waals surface area contributed by atoms with Crippen LogP contribution in [-0.2, 0) is 9.22 Å². The zero-order valence-electron chi connectivity index (χ0n) is 12.8. The van der Waals surface area contributed by atoms with E-state index in [4.69, 9.17) is 4.43 Å². The minimum Gasteiger partial charge on any atom is -0.481 e. The maximum atomic E-state index is 11.4. The summed E-state index contributed by atoms with van der Waals surface area (Å²) in [5, 5.41) is 9.48. The van der Waals surface area contributed by atoms with Gasteiger partial charge in [0.05, 0.1) is 12.0 Å². The fraction of sp³-hybridized carbons (Fsp3) is 0.929. The summed E-state index contributed by atoms with van der Waals surface area (Å²) >= 11 is 0. The minimum atomic E-state index is -1.88. The molecule has 1 aliphatic rings. The van der Waals surface area contributed by atoms with Crippen molar-refractivity contribution in [2.45, 2.75) is 71.7 Å². The van der Waals surface area contributed by atoms with E-state index in [9.17, 15) is 9.90 Å². The van der Waals surface area contributed by atoms with Gasteiger partial charge in [0.25, 0.3) is 0 Å². The Morgan fingerprint density at radius 3 is 2.17 bits per heavy atom. The fourth-order valence-corrected chi connectivity index (χ4v) is 3.78. The lowest BCUT2D eigenvalue weighted by Crippen LogP contribution is -2.45. The first kappa shape index (κ1) is 15.7. The van der Waals surface area contributed by atoms with Crippen molar-refractivity contribution in [3.63, 3.8) is 0 Å². The van der Waals surface area contributed by atoms with Gasteiger partial charge < -0.3 is 9.53 Å². The molecule has 0 spiro atoms. The van der Waals surface area contributed by atoms with E-state index >= 15 is 0 Å². The molecule has 0 unspecified atom stereocenters. The molecule has 0 radical (unpaired) electrons. The monoisotopic (exact) mass is 272 g/mol. The standard InChI is InChI=1S/C14H28O3Si/c1-13(2,3)18(6,7)17-11-9-14(4,5)8-10(11)12(15)16/h10-11H,8-9H2,1-7H3,(H,15,16)/t10-,11-/m1/s1. The van der Waals surface area contributed by atoms with E-state index in [1.165, 1.54) is 0 Å². The first-order valence-electron chi connectivity index (χ1n) is 6.76. The molecular formula is C14H28O3Si. The van der Waals surface area contributed by atoms with Crippen LogP contribution < -0.4 is 0 Å². The van der Waals surface area contributed by atoms with Gasteiger partial charge in [-0.25, -0.2) is 0 Å². The number of carbonyl (C=O) groups is 1. The Kier molecular flexibility index (Phi) is 4.05. The number of carboxylic acid groups (broad SMARTS) is 1. The van der Waals surface area contributed by atoms with Crippen molar-refractivity contribution in [3.8, 4) is 0 Å². The third-order valence-corrected chi connectivity index (χ3v) is 9.05.